The molecular formula is C21H26N2O5. The van der Waals surface area contributed by atoms with E-state index in [4.69, 9.17) is 13.9 Å². The zero-order valence-corrected chi connectivity index (χ0v) is 16.1. The number of carbonyl (C=O) groups is 2. The molecular weight excluding hydrogens is 360 g/mol. The molecule has 0 unspecified atom stereocenters. The highest BCUT2D eigenvalue weighted by Crippen LogP contribution is 2.28. The van der Waals surface area contributed by atoms with Gasteiger partial charge in [0.2, 0.25) is 0 Å². The van der Waals surface area contributed by atoms with Gasteiger partial charge in [-0.2, -0.15) is 0 Å². The third-order valence-electron chi connectivity index (χ3n) is 4.57. The molecule has 28 heavy (non-hydrogen) atoms. The van der Waals surface area contributed by atoms with Crippen LogP contribution in [0.25, 0.3) is 0 Å². The number of rotatable bonds is 8. The van der Waals surface area contributed by atoms with Crippen LogP contribution in [-0.2, 0) is 11.3 Å². The highest BCUT2D eigenvalue weighted by molar-refractivity contribution is 5.94. The number of nitrogens with zero attached hydrogens (tertiary/aromatic N) is 1. The summed E-state index contributed by atoms with van der Waals surface area (Å²) in [7, 11) is 0. The lowest BCUT2D eigenvalue weighted by molar-refractivity contribution is -0.134. The van der Waals surface area contributed by atoms with E-state index in [1.165, 1.54) is 6.42 Å². The number of ether oxygens (including phenoxy) is 2. The Morgan fingerprint density at radius 3 is 2.64 bits per heavy atom. The van der Waals surface area contributed by atoms with Crippen molar-refractivity contribution in [2.45, 2.75) is 32.7 Å². The van der Waals surface area contributed by atoms with Gasteiger partial charge in [-0.25, -0.2) is 0 Å². The zero-order valence-electron chi connectivity index (χ0n) is 16.1. The topological polar surface area (TPSA) is 81.0 Å². The second-order valence-corrected chi connectivity index (χ2v) is 6.59. The predicted octanol–water partition coefficient (Wildman–Crippen LogP) is 3.00. The summed E-state index contributed by atoms with van der Waals surface area (Å²) in [6.45, 7) is 4.12. The van der Waals surface area contributed by atoms with Crippen molar-refractivity contribution in [2.75, 3.05) is 26.3 Å². The lowest BCUT2D eigenvalue weighted by Gasteiger charge is -2.26. The minimum absolute atomic E-state index is 0.0255. The maximum atomic E-state index is 12.4. The van der Waals surface area contributed by atoms with Crippen LogP contribution in [0, 0.1) is 0 Å². The second-order valence-electron chi connectivity index (χ2n) is 6.59. The number of piperidine rings is 1. The van der Waals surface area contributed by atoms with Gasteiger partial charge in [0, 0.05) is 18.7 Å². The molecule has 7 nitrogen and oxygen atoms in total. The molecule has 1 saturated heterocycles. The van der Waals surface area contributed by atoms with Crippen LogP contribution < -0.4 is 14.8 Å². The van der Waals surface area contributed by atoms with Gasteiger partial charge in [-0.05, 0) is 56.5 Å². The van der Waals surface area contributed by atoms with Crippen LogP contribution in [0.5, 0.6) is 11.5 Å². The van der Waals surface area contributed by atoms with Crippen molar-refractivity contribution < 1.29 is 23.5 Å². The first kappa shape index (κ1) is 19.8. The first-order valence-corrected chi connectivity index (χ1v) is 9.65. The van der Waals surface area contributed by atoms with Crippen molar-refractivity contribution in [2.24, 2.45) is 0 Å². The smallest absolute Gasteiger partial charge is 0.260 e. The van der Waals surface area contributed by atoms with Gasteiger partial charge < -0.3 is 24.1 Å². The first-order valence-electron chi connectivity index (χ1n) is 9.65. The van der Waals surface area contributed by atoms with Gasteiger partial charge in [-0.3, -0.25) is 9.59 Å². The Morgan fingerprint density at radius 1 is 1.11 bits per heavy atom. The molecule has 0 radical (unpaired) electrons. The van der Waals surface area contributed by atoms with E-state index < -0.39 is 0 Å². The Balaban J connectivity index is 1.61. The first-order chi connectivity index (χ1) is 13.7. The van der Waals surface area contributed by atoms with Gasteiger partial charge in [-0.15, -0.1) is 0 Å². The van der Waals surface area contributed by atoms with Gasteiger partial charge >= 0.3 is 0 Å². The van der Waals surface area contributed by atoms with Crippen molar-refractivity contribution in [3.63, 3.8) is 0 Å². The van der Waals surface area contributed by atoms with E-state index in [0.29, 0.717) is 36.0 Å². The molecule has 150 valence electrons. The summed E-state index contributed by atoms with van der Waals surface area (Å²) < 4.78 is 16.5. The van der Waals surface area contributed by atoms with E-state index in [0.717, 1.165) is 25.9 Å². The lowest BCUT2D eigenvalue weighted by atomic mass is 10.1. The summed E-state index contributed by atoms with van der Waals surface area (Å²) >= 11 is 0. The van der Waals surface area contributed by atoms with Crippen LogP contribution in [0.2, 0.25) is 0 Å². The molecule has 1 aromatic carbocycles. The number of amides is 2. The summed E-state index contributed by atoms with van der Waals surface area (Å²) in [6, 6.07) is 8.51. The molecule has 2 heterocycles. The van der Waals surface area contributed by atoms with Crippen LogP contribution in [0.15, 0.2) is 41.0 Å². The van der Waals surface area contributed by atoms with E-state index >= 15 is 0 Å². The van der Waals surface area contributed by atoms with Gasteiger partial charge in [0.1, 0.15) is 5.76 Å². The quantitative estimate of drug-likeness (QED) is 0.754. The van der Waals surface area contributed by atoms with Crippen molar-refractivity contribution >= 4 is 11.8 Å². The second kappa shape index (κ2) is 9.82. The Labute approximate surface area is 164 Å². The molecule has 2 amide bonds. The van der Waals surface area contributed by atoms with Crippen molar-refractivity contribution in [3.05, 3.63) is 47.9 Å². The maximum Gasteiger partial charge on any atom is 0.260 e. The largest absolute Gasteiger partial charge is 0.490 e. The monoisotopic (exact) mass is 386 g/mol. The molecule has 0 saturated carbocycles. The Bertz CT molecular complexity index is 782. The minimum atomic E-state index is -0.242. The van der Waals surface area contributed by atoms with E-state index in [1.54, 1.807) is 36.6 Å². The number of likely N-dealkylation sites (tertiary alicyclic amines) is 1. The lowest BCUT2D eigenvalue weighted by Crippen LogP contribution is -2.38. The van der Waals surface area contributed by atoms with E-state index in [2.05, 4.69) is 5.32 Å². The van der Waals surface area contributed by atoms with Gasteiger partial charge in [0.05, 0.1) is 19.4 Å². The highest BCUT2D eigenvalue weighted by Gasteiger charge is 2.18. The van der Waals surface area contributed by atoms with E-state index in [1.807, 2.05) is 11.8 Å². The Morgan fingerprint density at radius 2 is 1.93 bits per heavy atom. The molecule has 2 aromatic rings. The SMILES string of the molecule is CCOc1cc(C(=O)NCc2ccco2)ccc1OCC(=O)N1CCCCC1. The number of carbonyl (C=O) groups excluding carboxylic acids is 2. The van der Waals surface area contributed by atoms with Crippen molar-refractivity contribution in [1.82, 2.24) is 10.2 Å². The summed E-state index contributed by atoms with van der Waals surface area (Å²) in [4.78, 5) is 26.5. The van der Waals surface area contributed by atoms with Gasteiger partial charge in [-0.1, -0.05) is 0 Å². The molecule has 1 fully saturated rings. The molecule has 1 aliphatic rings. The summed E-state index contributed by atoms with van der Waals surface area (Å²) in [5, 5.41) is 2.79. The van der Waals surface area contributed by atoms with Crippen molar-refractivity contribution in [1.29, 1.82) is 0 Å². The fraction of sp³-hybridized carbons (Fsp3) is 0.429. The van der Waals surface area contributed by atoms with Crippen LogP contribution in [0.3, 0.4) is 0 Å². The van der Waals surface area contributed by atoms with Crippen LogP contribution in [-0.4, -0.2) is 43.0 Å². The molecule has 0 spiro atoms. The normalized spacial score (nSPS) is 13.8. The van der Waals surface area contributed by atoms with E-state index in [9.17, 15) is 9.59 Å². The van der Waals surface area contributed by atoms with Crippen LogP contribution >= 0.6 is 0 Å². The average molecular weight is 386 g/mol. The number of hydrogen-bond donors (Lipinski definition) is 1. The molecule has 1 N–H and O–H groups in total. The van der Waals surface area contributed by atoms with Gasteiger partial charge in [0.15, 0.2) is 18.1 Å². The highest BCUT2D eigenvalue weighted by atomic mass is 16.5. The summed E-state index contributed by atoms with van der Waals surface area (Å²) in [6.07, 6.45) is 4.81. The summed E-state index contributed by atoms with van der Waals surface area (Å²) in [5.74, 6) is 1.31. The molecule has 0 aliphatic carbocycles. The predicted molar refractivity (Wildman–Crippen MR) is 103 cm³/mol. The molecule has 1 aromatic heterocycles. The number of furan rings is 1. The van der Waals surface area contributed by atoms with Crippen LogP contribution in [0.1, 0.15) is 42.3 Å². The van der Waals surface area contributed by atoms with Crippen LogP contribution in [0.4, 0.5) is 0 Å². The molecule has 0 atom stereocenters. The zero-order chi connectivity index (χ0) is 19.8. The van der Waals surface area contributed by atoms with Crippen molar-refractivity contribution in [3.8, 4) is 11.5 Å². The minimum Gasteiger partial charge on any atom is -0.490 e. The third-order valence-corrected chi connectivity index (χ3v) is 4.57. The molecule has 1 aliphatic heterocycles. The molecule has 0 bridgehead atoms. The average Bonchev–Trinajstić information content (AvgIpc) is 3.25. The summed E-state index contributed by atoms with van der Waals surface area (Å²) in [5.41, 5.74) is 0.449. The fourth-order valence-corrected chi connectivity index (χ4v) is 3.09. The molecule has 7 heteroatoms. The molecule has 3 rings (SSSR count). The number of hydrogen-bond acceptors (Lipinski definition) is 5. The Kier molecular flexibility index (Phi) is 6.94. The number of benzene rings is 1. The Hall–Kier alpha value is -2.96. The van der Waals surface area contributed by atoms with Gasteiger partial charge in [0.25, 0.3) is 11.8 Å². The van der Waals surface area contributed by atoms with E-state index in [-0.39, 0.29) is 18.4 Å². The maximum absolute atomic E-state index is 12.4. The standard InChI is InChI=1S/C21H26N2O5/c1-2-26-19-13-16(21(25)22-14-17-7-6-12-27-17)8-9-18(19)28-15-20(24)23-10-4-3-5-11-23/h6-9,12-13H,2-5,10-11,14-15H2,1H3,(H,22,25). The third kappa shape index (κ3) is 5.28. The number of nitrogens with one attached hydrogen (secondary N) is 1. The fourth-order valence-electron chi connectivity index (χ4n) is 3.09.